The van der Waals surface area contributed by atoms with E-state index in [-0.39, 0.29) is 47.7 Å². The van der Waals surface area contributed by atoms with Gasteiger partial charge in [-0.3, -0.25) is 9.59 Å². The van der Waals surface area contributed by atoms with Gasteiger partial charge in [0.15, 0.2) is 9.84 Å². The Kier molecular flexibility index (Phi) is 5.65. The lowest BCUT2D eigenvalue weighted by Crippen LogP contribution is -2.41. The minimum atomic E-state index is -3.04. The highest BCUT2D eigenvalue weighted by Gasteiger charge is 2.41. The summed E-state index contributed by atoms with van der Waals surface area (Å²) in [6.07, 6.45) is 2.38. The molecule has 3 rings (SSSR count). The lowest BCUT2D eigenvalue weighted by atomic mass is 10.0. The summed E-state index contributed by atoms with van der Waals surface area (Å²) in [5.41, 5.74) is 1.23. The van der Waals surface area contributed by atoms with E-state index in [2.05, 4.69) is 17.4 Å². The number of sulfone groups is 1. The summed E-state index contributed by atoms with van der Waals surface area (Å²) in [5, 5.41) is 3.00. The van der Waals surface area contributed by atoms with Crippen molar-refractivity contribution in [3.8, 4) is 0 Å². The molecule has 2 fully saturated rings. The Hall–Kier alpha value is -1.89. The largest absolute Gasteiger partial charge is 0.353 e. The molecule has 2 saturated heterocycles. The first-order valence-corrected chi connectivity index (χ1v) is 11.0. The smallest absolute Gasteiger partial charge is 0.225 e. The highest BCUT2D eigenvalue weighted by atomic mass is 32.2. The Morgan fingerprint density at radius 3 is 2.69 bits per heavy atom. The zero-order valence-corrected chi connectivity index (χ0v) is 15.9. The van der Waals surface area contributed by atoms with Crippen molar-refractivity contribution >= 4 is 21.7 Å². The lowest BCUT2D eigenvalue weighted by Gasteiger charge is -2.23. The van der Waals surface area contributed by atoms with E-state index in [0.29, 0.717) is 13.0 Å². The van der Waals surface area contributed by atoms with Crippen LogP contribution in [0.4, 0.5) is 0 Å². The minimum Gasteiger partial charge on any atom is -0.353 e. The molecule has 3 atom stereocenters. The molecule has 7 heteroatoms. The fourth-order valence-corrected chi connectivity index (χ4v) is 5.47. The Morgan fingerprint density at radius 2 is 2.04 bits per heavy atom. The van der Waals surface area contributed by atoms with Crippen LogP contribution < -0.4 is 5.32 Å². The molecule has 26 heavy (non-hydrogen) atoms. The van der Waals surface area contributed by atoms with Gasteiger partial charge in [-0.15, -0.1) is 0 Å². The van der Waals surface area contributed by atoms with E-state index in [0.717, 1.165) is 12.8 Å². The number of nitrogens with one attached hydrogen (secondary N) is 1. The van der Waals surface area contributed by atoms with Crippen molar-refractivity contribution in [1.29, 1.82) is 0 Å². The number of amides is 2. The molecule has 0 aromatic heterocycles. The van der Waals surface area contributed by atoms with E-state index in [1.165, 1.54) is 5.56 Å². The van der Waals surface area contributed by atoms with E-state index in [4.69, 9.17) is 0 Å². The van der Waals surface area contributed by atoms with Gasteiger partial charge in [0.1, 0.15) is 0 Å². The van der Waals surface area contributed by atoms with Gasteiger partial charge < -0.3 is 10.2 Å². The van der Waals surface area contributed by atoms with Crippen LogP contribution >= 0.6 is 0 Å². The molecule has 2 amide bonds. The predicted molar refractivity (Wildman–Crippen MR) is 99.2 cm³/mol. The van der Waals surface area contributed by atoms with Crippen LogP contribution in [0.15, 0.2) is 30.3 Å². The van der Waals surface area contributed by atoms with E-state index in [1.807, 2.05) is 25.1 Å². The van der Waals surface area contributed by atoms with Crippen LogP contribution in [0.25, 0.3) is 0 Å². The van der Waals surface area contributed by atoms with Gasteiger partial charge in [0.2, 0.25) is 11.8 Å². The van der Waals surface area contributed by atoms with Crippen LogP contribution in [-0.2, 0) is 25.8 Å². The lowest BCUT2D eigenvalue weighted by molar-refractivity contribution is -0.130. The van der Waals surface area contributed by atoms with E-state index in [1.54, 1.807) is 4.90 Å². The number of likely N-dealkylation sites (tertiary alicyclic amines) is 1. The first kappa shape index (κ1) is 18.9. The number of nitrogens with zero attached hydrogens (tertiary/aromatic N) is 1. The molecule has 0 spiro atoms. The third-order valence-electron chi connectivity index (χ3n) is 5.28. The summed E-state index contributed by atoms with van der Waals surface area (Å²) in [7, 11) is -3.04. The summed E-state index contributed by atoms with van der Waals surface area (Å²) >= 11 is 0. The molecular weight excluding hydrogens is 352 g/mol. The van der Waals surface area contributed by atoms with Crippen LogP contribution in [0.3, 0.4) is 0 Å². The van der Waals surface area contributed by atoms with Crippen molar-refractivity contribution in [2.45, 2.75) is 44.7 Å². The highest BCUT2D eigenvalue weighted by molar-refractivity contribution is 7.91. The summed E-state index contributed by atoms with van der Waals surface area (Å²) in [4.78, 5) is 26.3. The second kappa shape index (κ2) is 7.78. The molecule has 0 saturated carbocycles. The van der Waals surface area contributed by atoms with Crippen molar-refractivity contribution in [2.75, 3.05) is 18.1 Å². The zero-order chi connectivity index (χ0) is 18.7. The highest BCUT2D eigenvalue weighted by Crippen LogP contribution is 2.26. The molecule has 0 radical (unpaired) electrons. The van der Waals surface area contributed by atoms with E-state index in [9.17, 15) is 18.0 Å². The van der Waals surface area contributed by atoms with Crippen molar-refractivity contribution < 1.29 is 18.0 Å². The molecule has 2 heterocycles. The van der Waals surface area contributed by atoms with Gasteiger partial charge in [0.25, 0.3) is 0 Å². The number of hydrogen-bond donors (Lipinski definition) is 1. The van der Waals surface area contributed by atoms with Crippen LogP contribution in [-0.4, -0.2) is 55.3 Å². The Balaban J connectivity index is 1.48. The monoisotopic (exact) mass is 378 g/mol. The van der Waals surface area contributed by atoms with E-state index < -0.39 is 9.84 Å². The SMILES string of the molecule is CC(CCc1ccccc1)NC(=O)C1CC(=O)N(C2CCS(=O)(=O)C2)C1. The van der Waals surface area contributed by atoms with Crippen LogP contribution in [0.2, 0.25) is 0 Å². The number of carbonyl (C=O) groups excluding carboxylic acids is 2. The van der Waals surface area contributed by atoms with Gasteiger partial charge in [-0.2, -0.15) is 0 Å². The zero-order valence-electron chi connectivity index (χ0n) is 15.1. The average Bonchev–Trinajstić information content (AvgIpc) is 3.16. The Bertz CT molecular complexity index is 763. The third-order valence-corrected chi connectivity index (χ3v) is 7.03. The van der Waals surface area contributed by atoms with Gasteiger partial charge in [-0.05, 0) is 31.7 Å². The minimum absolute atomic E-state index is 0.0266. The molecule has 142 valence electrons. The summed E-state index contributed by atoms with van der Waals surface area (Å²) in [5.74, 6) is -0.438. The topological polar surface area (TPSA) is 83.6 Å². The fourth-order valence-electron chi connectivity index (χ4n) is 3.74. The molecule has 0 aliphatic carbocycles. The standard InChI is InChI=1S/C19H26N2O4S/c1-14(7-8-15-5-3-2-4-6-15)20-19(23)16-11-18(22)21(12-16)17-9-10-26(24,25)13-17/h2-6,14,16-17H,7-13H2,1H3,(H,20,23). The molecule has 6 nitrogen and oxygen atoms in total. The first-order valence-electron chi connectivity index (χ1n) is 9.18. The second-order valence-electron chi connectivity index (χ2n) is 7.44. The number of carbonyl (C=O) groups is 2. The van der Waals surface area contributed by atoms with Crippen molar-refractivity contribution in [2.24, 2.45) is 5.92 Å². The third kappa shape index (κ3) is 4.63. The van der Waals surface area contributed by atoms with Gasteiger partial charge in [0.05, 0.1) is 17.4 Å². The van der Waals surface area contributed by atoms with Crippen LogP contribution in [0.5, 0.6) is 0 Å². The maximum absolute atomic E-state index is 12.5. The number of benzene rings is 1. The number of aryl methyl sites for hydroxylation is 1. The van der Waals surface area contributed by atoms with E-state index >= 15 is 0 Å². The summed E-state index contributed by atoms with van der Waals surface area (Å²) in [6, 6.07) is 9.88. The Labute approximate surface area is 154 Å². The normalized spacial score (nSPS) is 26.0. The molecule has 2 aliphatic rings. The number of rotatable bonds is 6. The van der Waals surface area contributed by atoms with Gasteiger partial charge >= 0.3 is 0 Å². The van der Waals surface area contributed by atoms with Crippen LogP contribution in [0.1, 0.15) is 31.7 Å². The molecule has 0 bridgehead atoms. The van der Waals surface area contributed by atoms with Gasteiger partial charge in [0, 0.05) is 25.0 Å². The van der Waals surface area contributed by atoms with Crippen molar-refractivity contribution in [3.63, 3.8) is 0 Å². The van der Waals surface area contributed by atoms with Crippen LogP contribution in [0, 0.1) is 5.92 Å². The summed E-state index contributed by atoms with van der Waals surface area (Å²) < 4.78 is 23.3. The maximum Gasteiger partial charge on any atom is 0.225 e. The first-order chi connectivity index (χ1) is 12.3. The van der Waals surface area contributed by atoms with Crippen molar-refractivity contribution in [1.82, 2.24) is 10.2 Å². The van der Waals surface area contributed by atoms with Gasteiger partial charge in [-0.25, -0.2) is 8.42 Å². The molecule has 1 N–H and O–H groups in total. The molecule has 3 unspecified atom stereocenters. The molecule has 2 aliphatic heterocycles. The summed E-state index contributed by atoms with van der Waals surface area (Å²) in [6.45, 7) is 2.30. The average molecular weight is 378 g/mol. The number of hydrogen-bond acceptors (Lipinski definition) is 4. The second-order valence-corrected chi connectivity index (χ2v) is 9.67. The molecule has 1 aromatic carbocycles. The van der Waals surface area contributed by atoms with Gasteiger partial charge in [-0.1, -0.05) is 30.3 Å². The molecular formula is C19H26N2O4S. The predicted octanol–water partition coefficient (Wildman–Crippen LogP) is 1.16. The maximum atomic E-state index is 12.5. The van der Waals surface area contributed by atoms with Crippen molar-refractivity contribution in [3.05, 3.63) is 35.9 Å². The molecule has 1 aromatic rings. The Morgan fingerprint density at radius 1 is 1.31 bits per heavy atom. The fraction of sp³-hybridized carbons (Fsp3) is 0.579. The quantitative estimate of drug-likeness (QED) is 0.805.